The molecule has 10 heteroatoms. The lowest BCUT2D eigenvalue weighted by Gasteiger charge is -2.30. The van der Waals surface area contributed by atoms with Crippen LogP contribution in [0, 0.1) is 0 Å². The van der Waals surface area contributed by atoms with Gasteiger partial charge in [0, 0.05) is 64.0 Å². The number of anilines is 2. The largest absolute Gasteiger partial charge is 0.383 e. The van der Waals surface area contributed by atoms with Gasteiger partial charge in [-0.1, -0.05) is 12.1 Å². The normalized spacial score (nSPS) is 19.9. The SMILES string of the molecule is COCCN1CCCN(c2cccc3cnc(NC4CCN(S(C)(=O)=O)CC4)nc23)CC1. The average Bonchev–Trinajstić information content (AvgIpc) is 3.02. The second-order valence-corrected chi connectivity index (χ2v) is 10.6. The molecule has 2 aliphatic rings. The number of nitrogens with zero attached hydrogens (tertiary/aromatic N) is 5. The molecule has 2 aliphatic heterocycles. The van der Waals surface area contributed by atoms with E-state index < -0.39 is 10.0 Å². The molecule has 0 aliphatic carbocycles. The number of ether oxygens (including phenoxy) is 1. The highest BCUT2D eigenvalue weighted by Gasteiger charge is 2.25. The van der Waals surface area contributed by atoms with Crippen molar-refractivity contribution >= 4 is 32.6 Å². The van der Waals surface area contributed by atoms with Gasteiger partial charge in [-0.25, -0.2) is 22.7 Å². The van der Waals surface area contributed by atoms with E-state index in [-0.39, 0.29) is 6.04 Å². The summed E-state index contributed by atoms with van der Waals surface area (Å²) in [6.45, 7) is 6.84. The van der Waals surface area contributed by atoms with Gasteiger partial charge in [0.05, 0.1) is 24.1 Å². The Labute approximate surface area is 190 Å². The van der Waals surface area contributed by atoms with E-state index in [0.717, 1.165) is 75.2 Å². The molecule has 0 saturated carbocycles. The van der Waals surface area contributed by atoms with Crippen molar-refractivity contribution in [2.45, 2.75) is 25.3 Å². The number of methoxy groups -OCH3 is 1. The molecular formula is C22H34N6O3S. The number of para-hydroxylation sites is 1. The Kier molecular flexibility index (Phi) is 7.44. The lowest BCUT2D eigenvalue weighted by atomic mass is 10.1. The molecule has 2 aromatic rings. The van der Waals surface area contributed by atoms with E-state index >= 15 is 0 Å². The van der Waals surface area contributed by atoms with Crippen molar-refractivity contribution in [2.24, 2.45) is 0 Å². The summed E-state index contributed by atoms with van der Waals surface area (Å²) in [5.74, 6) is 0.610. The van der Waals surface area contributed by atoms with Crippen molar-refractivity contribution in [2.75, 3.05) is 76.0 Å². The fraction of sp³-hybridized carbons (Fsp3) is 0.636. The molecule has 0 radical (unpaired) electrons. The van der Waals surface area contributed by atoms with Crippen molar-refractivity contribution in [1.82, 2.24) is 19.2 Å². The molecule has 1 aromatic heterocycles. The van der Waals surface area contributed by atoms with E-state index in [1.165, 1.54) is 6.26 Å². The molecule has 2 saturated heterocycles. The van der Waals surface area contributed by atoms with Gasteiger partial charge in [-0.3, -0.25) is 4.90 Å². The van der Waals surface area contributed by atoms with Crippen molar-refractivity contribution in [3.63, 3.8) is 0 Å². The van der Waals surface area contributed by atoms with Gasteiger partial charge < -0.3 is 15.0 Å². The predicted octanol–water partition coefficient (Wildman–Crippen LogP) is 1.62. The zero-order valence-corrected chi connectivity index (χ0v) is 19.9. The third-order valence-corrected chi connectivity index (χ3v) is 7.69. The molecule has 2 fully saturated rings. The number of benzene rings is 1. The van der Waals surface area contributed by atoms with Crippen molar-refractivity contribution in [3.05, 3.63) is 24.4 Å². The quantitative estimate of drug-likeness (QED) is 0.664. The molecule has 0 unspecified atom stereocenters. The highest BCUT2D eigenvalue weighted by atomic mass is 32.2. The fourth-order valence-electron chi connectivity index (χ4n) is 4.54. The highest BCUT2D eigenvalue weighted by Crippen LogP contribution is 2.27. The first-order valence-corrected chi connectivity index (χ1v) is 13.2. The van der Waals surface area contributed by atoms with Gasteiger partial charge in [0.1, 0.15) is 0 Å². The van der Waals surface area contributed by atoms with Gasteiger partial charge in [0.15, 0.2) is 0 Å². The van der Waals surface area contributed by atoms with Crippen LogP contribution >= 0.6 is 0 Å². The molecule has 9 nitrogen and oxygen atoms in total. The Bertz CT molecular complexity index is 1010. The number of hydrogen-bond acceptors (Lipinski definition) is 8. The zero-order chi connectivity index (χ0) is 22.6. The Balaban J connectivity index is 1.46. The zero-order valence-electron chi connectivity index (χ0n) is 19.0. The maximum absolute atomic E-state index is 11.7. The molecule has 176 valence electrons. The van der Waals surface area contributed by atoms with Crippen LogP contribution in [0.3, 0.4) is 0 Å². The van der Waals surface area contributed by atoms with Crippen LogP contribution in [0.4, 0.5) is 11.6 Å². The Morgan fingerprint density at radius 2 is 1.94 bits per heavy atom. The predicted molar refractivity (Wildman–Crippen MR) is 128 cm³/mol. The van der Waals surface area contributed by atoms with Gasteiger partial charge in [-0.15, -0.1) is 0 Å². The third-order valence-electron chi connectivity index (χ3n) is 6.39. The van der Waals surface area contributed by atoms with Crippen molar-refractivity contribution < 1.29 is 13.2 Å². The summed E-state index contributed by atoms with van der Waals surface area (Å²) in [4.78, 5) is 14.3. The summed E-state index contributed by atoms with van der Waals surface area (Å²) in [6, 6.07) is 6.44. The second kappa shape index (κ2) is 10.3. The molecule has 3 heterocycles. The second-order valence-electron chi connectivity index (χ2n) is 8.66. The highest BCUT2D eigenvalue weighted by molar-refractivity contribution is 7.88. The summed E-state index contributed by atoms with van der Waals surface area (Å²) in [6.07, 6.45) is 5.76. The van der Waals surface area contributed by atoms with Crippen LogP contribution in [-0.2, 0) is 14.8 Å². The lowest BCUT2D eigenvalue weighted by Crippen LogP contribution is -2.42. The van der Waals surface area contributed by atoms with Crippen LogP contribution in [-0.4, -0.2) is 99.4 Å². The van der Waals surface area contributed by atoms with E-state index in [1.54, 1.807) is 11.4 Å². The first kappa shape index (κ1) is 23.2. The molecule has 32 heavy (non-hydrogen) atoms. The van der Waals surface area contributed by atoms with E-state index in [0.29, 0.717) is 19.0 Å². The standard InChI is InChI=1S/C22H34N6O3S/c1-31-16-15-26-9-4-10-27(14-13-26)20-6-3-5-18-17-23-22(25-21(18)20)24-19-7-11-28(12-8-19)32(2,29)30/h3,5-6,17,19H,4,7-16H2,1-2H3,(H,23,24,25). The molecule has 1 N–H and O–H groups in total. The third kappa shape index (κ3) is 5.67. The molecule has 0 amide bonds. The summed E-state index contributed by atoms with van der Waals surface area (Å²) in [5, 5.41) is 4.46. The van der Waals surface area contributed by atoms with Crippen molar-refractivity contribution in [1.29, 1.82) is 0 Å². The van der Waals surface area contributed by atoms with Crippen molar-refractivity contribution in [3.8, 4) is 0 Å². The Hall–Kier alpha value is -2.01. The number of fused-ring (bicyclic) bond motifs is 1. The number of nitrogens with one attached hydrogen (secondary N) is 1. The molecule has 0 spiro atoms. The molecule has 1 aromatic carbocycles. The summed E-state index contributed by atoms with van der Waals surface area (Å²) in [5.41, 5.74) is 2.11. The van der Waals surface area contributed by atoms with Crippen LogP contribution in [0.5, 0.6) is 0 Å². The molecule has 4 rings (SSSR count). The minimum Gasteiger partial charge on any atom is -0.383 e. The average molecular weight is 463 g/mol. The molecular weight excluding hydrogens is 428 g/mol. The van der Waals surface area contributed by atoms with Crippen LogP contribution in [0.25, 0.3) is 10.9 Å². The first-order chi connectivity index (χ1) is 15.4. The van der Waals surface area contributed by atoms with Gasteiger partial charge in [-0.05, 0) is 31.9 Å². The van der Waals surface area contributed by atoms with Gasteiger partial charge in [-0.2, -0.15) is 0 Å². The number of sulfonamides is 1. The monoisotopic (exact) mass is 462 g/mol. The maximum atomic E-state index is 11.7. The number of hydrogen-bond donors (Lipinski definition) is 1. The number of aromatic nitrogens is 2. The van der Waals surface area contributed by atoms with Crippen LogP contribution < -0.4 is 10.2 Å². The van der Waals surface area contributed by atoms with Gasteiger partial charge >= 0.3 is 0 Å². The summed E-state index contributed by atoms with van der Waals surface area (Å²) >= 11 is 0. The van der Waals surface area contributed by atoms with Gasteiger partial charge in [0.25, 0.3) is 0 Å². The number of rotatable bonds is 7. The Morgan fingerprint density at radius 3 is 2.69 bits per heavy atom. The topological polar surface area (TPSA) is 90.9 Å². The minimum atomic E-state index is -3.12. The number of piperidine rings is 1. The van der Waals surface area contributed by atoms with E-state index in [2.05, 4.69) is 38.3 Å². The smallest absolute Gasteiger partial charge is 0.223 e. The minimum absolute atomic E-state index is 0.171. The fourth-order valence-corrected chi connectivity index (χ4v) is 5.41. The lowest BCUT2D eigenvalue weighted by molar-refractivity contribution is 0.152. The summed E-state index contributed by atoms with van der Waals surface area (Å²) < 4.78 is 30.3. The summed E-state index contributed by atoms with van der Waals surface area (Å²) in [7, 11) is -1.37. The van der Waals surface area contributed by atoms with Crippen LogP contribution in [0.1, 0.15) is 19.3 Å². The van der Waals surface area contributed by atoms with Crippen LogP contribution in [0.2, 0.25) is 0 Å². The molecule has 0 atom stereocenters. The molecule has 0 bridgehead atoms. The van der Waals surface area contributed by atoms with E-state index in [4.69, 9.17) is 9.72 Å². The first-order valence-electron chi connectivity index (χ1n) is 11.4. The van der Waals surface area contributed by atoms with Gasteiger partial charge in [0.2, 0.25) is 16.0 Å². The maximum Gasteiger partial charge on any atom is 0.223 e. The Morgan fingerprint density at radius 1 is 1.12 bits per heavy atom. The van der Waals surface area contributed by atoms with E-state index in [9.17, 15) is 8.42 Å². The van der Waals surface area contributed by atoms with E-state index in [1.807, 2.05) is 6.20 Å². The van der Waals surface area contributed by atoms with Crippen LogP contribution in [0.15, 0.2) is 24.4 Å².